The Balaban J connectivity index is 1.47. The highest BCUT2D eigenvalue weighted by Crippen LogP contribution is 2.38. The lowest BCUT2D eigenvalue weighted by Crippen LogP contribution is -2.55. The summed E-state index contributed by atoms with van der Waals surface area (Å²) in [6.07, 6.45) is 4.76. The zero-order chi connectivity index (χ0) is 17.6. The number of carbonyl (C=O) groups excluding carboxylic acids is 1. The third-order valence-corrected chi connectivity index (χ3v) is 6.67. The number of hydrogen-bond donors (Lipinski definition) is 3. The predicted octanol–water partition coefficient (Wildman–Crippen LogP) is 3.48. The highest BCUT2D eigenvalue weighted by molar-refractivity contribution is 9.10. The number of hydrogen-bond acceptors (Lipinski definition) is 3. The molecule has 136 valence electrons. The van der Waals surface area contributed by atoms with Crippen molar-refractivity contribution < 1.29 is 9.18 Å². The van der Waals surface area contributed by atoms with Crippen LogP contribution < -0.4 is 16.2 Å². The fraction of sp³-hybridized carbons (Fsp3) is 0.611. The molecular weight excluding hydrogens is 387 g/mol. The van der Waals surface area contributed by atoms with Crippen LogP contribution in [0.5, 0.6) is 0 Å². The van der Waals surface area contributed by atoms with E-state index in [0.29, 0.717) is 34.9 Å². The lowest BCUT2D eigenvalue weighted by Gasteiger charge is -2.43. The molecule has 4 rings (SSSR count). The number of nitrogens with one attached hydrogen (secondary N) is 3. The molecule has 25 heavy (non-hydrogen) atoms. The molecule has 0 bridgehead atoms. The van der Waals surface area contributed by atoms with Gasteiger partial charge >= 0.3 is 6.03 Å². The third-order valence-electron chi connectivity index (χ3n) is 6.06. The van der Waals surface area contributed by atoms with Crippen LogP contribution in [0.15, 0.2) is 22.7 Å². The average molecular weight is 411 g/mol. The van der Waals surface area contributed by atoms with Crippen LogP contribution in [0, 0.1) is 17.7 Å². The van der Waals surface area contributed by atoms with Crippen LogP contribution in [0.1, 0.15) is 32.6 Å². The van der Waals surface area contributed by atoms with Crippen LogP contribution in [0.25, 0.3) is 0 Å². The maximum atomic E-state index is 14.2. The van der Waals surface area contributed by atoms with Gasteiger partial charge in [0.05, 0.1) is 10.2 Å². The summed E-state index contributed by atoms with van der Waals surface area (Å²) in [4.78, 5) is 14.6. The summed E-state index contributed by atoms with van der Waals surface area (Å²) >= 11 is 3.16. The lowest BCUT2D eigenvalue weighted by molar-refractivity contribution is 0.108. The fourth-order valence-electron chi connectivity index (χ4n) is 4.38. The van der Waals surface area contributed by atoms with E-state index < -0.39 is 5.82 Å². The van der Waals surface area contributed by atoms with Crippen LogP contribution >= 0.6 is 15.9 Å². The van der Waals surface area contributed by atoms with Crippen molar-refractivity contribution >= 4 is 27.6 Å². The second-order valence-corrected chi connectivity index (χ2v) is 8.40. The molecule has 2 amide bonds. The first-order chi connectivity index (χ1) is 12.0. The summed E-state index contributed by atoms with van der Waals surface area (Å²) in [7, 11) is 0. The smallest absolute Gasteiger partial charge is 0.321 e. The molecule has 0 aromatic heterocycles. The topological polar surface area (TPSA) is 56.4 Å². The molecule has 0 spiro atoms. The van der Waals surface area contributed by atoms with Gasteiger partial charge < -0.3 is 10.2 Å². The van der Waals surface area contributed by atoms with E-state index in [2.05, 4.69) is 39.0 Å². The summed E-state index contributed by atoms with van der Waals surface area (Å²) in [6, 6.07) is 5.67. The number of likely N-dealkylation sites (tertiary alicyclic amines) is 1. The van der Waals surface area contributed by atoms with Crippen molar-refractivity contribution in [3.8, 4) is 0 Å². The summed E-state index contributed by atoms with van der Waals surface area (Å²) < 4.78 is 14.5. The van der Waals surface area contributed by atoms with Crippen molar-refractivity contribution in [2.24, 2.45) is 11.8 Å². The summed E-state index contributed by atoms with van der Waals surface area (Å²) in [5.41, 5.74) is 7.13. The van der Waals surface area contributed by atoms with Gasteiger partial charge in [-0.25, -0.2) is 9.18 Å². The van der Waals surface area contributed by atoms with Gasteiger partial charge in [-0.15, -0.1) is 0 Å². The maximum absolute atomic E-state index is 14.2. The Labute approximate surface area is 155 Å². The standard InChI is InChI=1S/C18H24BrFN4O/c1-10-8-15-12(17(23-22-15)11-4-2-5-11)9-24(10)18(25)21-14-7-3-6-13(19)16(14)20/h3,6-7,10-12,15,17,22-23H,2,4-5,8-9H2,1H3,(H,21,25). The van der Waals surface area contributed by atoms with E-state index in [0.717, 1.165) is 6.42 Å². The predicted molar refractivity (Wildman–Crippen MR) is 98.6 cm³/mol. The second kappa shape index (κ2) is 6.85. The number of fused-ring (bicyclic) bond motifs is 1. The molecule has 2 aliphatic heterocycles. The number of rotatable bonds is 2. The van der Waals surface area contributed by atoms with Crippen molar-refractivity contribution in [1.82, 2.24) is 15.8 Å². The highest BCUT2D eigenvalue weighted by atomic mass is 79.9. The summed E-state index contributed by atoms with van der Waals surface area (Å²) in [6.45, 7) is 2.76. The van der Waals surface area contributed by atoms with Gasteiger partial charge in [0.25, 0.3) is 0 Å². The largest absolute Gasteiger partial charge is 0.322 e. The number of carbonyl (C=O) groups is 1. The van der Waals surface area contributed by atoms with E-state index in [1.54, 1.807) is 18.2 Å². The van der Waals surface area contributed by atoms with Gasteiger partial charge in [0.2, 0.25) is 0 Å². The van der Waals surface area contributed by atoms with E-state index in [1.807, 2.05) is 4.90 Å². The lowest BCUT2D eigenvalue weighted by atomic mass is 9.72. The minimum atomic E-state index is -0.435. The van der Waals surface area contributed by atoms with E-state index in [1.165, 1.54) is 19.3 Å². The number of anilines is 1. The highest BCUT2D eigenvalue weighted by Gasteiger charge is 2.47. The Morgan fingerprint density at radius 3 is 2.88 bits per heavy atom. The molecule has 1 aromatic rings. The molecule has 1 aliphatic carbocycles. The average Bonchev–Trinajstić information content (AvgIpc) is 2.92. The molecule has 3 aliphatic rings. The van der Waals surface area contributed by atoms with Gasteiger partial charge in [0.15, 0.2) is 5.82 Å². The Hall–Kier alpha value is -1.18. The Kier molecular flexibility index (Phi) is 4.73. The number of halogens is 2. The Morgan fingerprint density at radius 1 is 1.36 bits per heavy atom. The molecule has 0 radical (unpaired) electrons. The molecule has 5 nitrogen and oxygen atoms in total. The van der Waals surface area contributed by atoms with E-state index in [9.17, 15) is 9.18 Å². The van der Waals surface area contributed by atoms with Crippen LogP contribution in [0.4, 0.5) is 14.9 Å². The molecule has 4 atom stereocenters. The molecule has 4 unspecified atom stereocenters. The van der Waals surface area contributed by atoms with Gasteiger partial charge in [-0.05, 0) is 60.2 Å². The number of hydrazine groups is 1. The molecular formula is C18H24BrFN4O. The van der Waals surface area contributed by atoms with Crippen molar-refractivity contribution in [2.45, 2.75) is 50.7 Å². The van der Waals surface area contributed by atoms with Crippen LogP contribution in [0.3, 0.4) is 0 Å². The number of benzene rings is 1. The van der Waals surface area contributed by atoms with Crippen LogP contribution in [-0.4, -0.2) is 35.6 Å². The normalized spacial score (nSPS) is 32.2. The number of urea groups is 1. The summed E-state index contributed by atoms with van der Waals surface area (Å²) in [5, 5.41) is 2.74. The van der Waals surface area contributed by atoms with Gasteiger partial charge in [0.1, 0.15) is 0 Å². The third kappa shape index (κ3) is 3.17. The first-order valence-electron chi connectivity index (χ1n) is 9.07. The fourth-order valence-corrected chi connectivity index (χ4v) is 4.75. The second-order valence-electron chi connectivity index (χ2n) is 7.54. The quantitative estimate of drug-likeness (QED) is 0.699. The molecule has 3 fully saturated rings. The molecule has 7 heteroatoms. The number of nitrogens with zero attached hydrogens (tertiary/aromatic N) is 1. The van der Waals surface area contributed by atoms with Crippen molar-refractivity contribution in [2.75, 3.05) is 11.9 Å². The van der Waals surface area contributed by atoms with Crippen molar-refractivity contribution in [1.29, 1.82) is 0 Å². The molecule has 1 aromatic carbocycles. The van der Waals surface area contributed by atoms with E-state index >= 15 is 0 Å². The zero-order valence-corrected chi connectivity index (χ0v) is 15.9. The zero-order valence-electron chi connectivity index (χ0n) is 14.3. The minimum Gasteiger partial charge on any atom is -0.321 e. The van der Waals surface area contributed by atoms with E-state index in [4.69, 9.17) is 0 Å². The molecule has 1 saturated carbocycles. The SMILES string of the molecule is CC1CC2NNC(C3CCC3)C2CN1C(=O)Nc1cccc(Br)c1F. The van der Waals surface area contributed by atoms with Crippen molar-refractivity contribution in [3.05, 3.63) is 28.5 Å². The molecule has 2 saturated heterocycles. The molecule has 2 heterocycles. The van der Waals surface area contributed by atoms with Crippen molar-refractivity contribution in [3.63, 3.8) is 0 Å². The number of amides is 2. The molecule has 3 N–H and O–H groups in total. The number of piperidine rings is 1. The van der Waals surface area contributed by atoms with Crippen LogP contribution in [-0.2, 0) is 0 Å². The Morgan fingerprint density at radius 2 is 2.16 bits per heavy atom. The van der Waals surface area contributed by atoms with E-state index in [-0.39, 0.29) is 17.8 Å². The minimum absolute atomic E-state index is 0.117. The van der Waals surface area contributed by atoms with Crippen LogP contribution in [0.2, 0.25) is 0 Å². The Bertz CT molecular complexity index is 668. The first-order valence-corrected chi connectivity index (χ1v) is 9.86. The summed E-state index contributed by atoms with van der Waals surface area (Å²) in [5.74, 6) is 0.692. The van der Waals surface area contributed by atoms with Gasteiger partial charge in [-0.2, -0.15) is 0 Å². The maximum Gasteiger partial charge on any atom is 0.322 e. The van der Waals surface area contributed by atoms with Gasteiger partial charge in [0, 0.05) is 30.6 Å². The van der Waals surface area contributed by atoms with Gasteiger partial charge in [-0.1, -0.05) is 12.5 Å². The van der Waals surface area contributed by atoms with Gasteiger partial charge in [-0.3, -0.25) is 10.9 Å². The first kappa shape index (κ1) is 17.2. The monoisotopic (exact) mass is 410 g/mol.